The maximum Gasteiger partial charge on any atom is 0.00388 e. The number of rotatable bonds is 1. The van der Waals surface area contributed by atoms with Gasteiger partial charge in [0, 0.05) is 19.1 Å². The second-order valence-electron chi connectivity index (χ2n) is 3.80. The van der Waals surface area contributed by atoms with E-state index in [1.165, 1.54) is 19.5 Å². The fourth-order valence-electron chi connectivity index (χ4n) is 1.86. The van der Waals surface area contributed by atoms with E-state index in [1.807, 2.05) is 0 Å². The Hall–Kier alpha value is -0.0400. The van der Waals surface area contributed by atoms with Crippen LogP contribution in [0.1, 0.15) is 20.3 Å². The summed E-state index contributed by atoms with van der Waals surface area (Å²) in [6, 6.07) is 0.790. The summed E-state index contributed by atoms with van der Waals surface area (Å²) < 4.78 is 0. The van der Waals surface area contributed by atoms with Crippen LogP contribution >= 0.6 is 0 Å². The molecule has 0 aromatic rings. The fourth-order valence-corrected chi connectivity index (χ4v) is 1.86. The van der Waals surface area contributed by atoms with Gasteiger partial charge in [-0.1, -0.05) is 0 Å². The number of hydrogen-bond acceptors (Lipinski definition) is 1. The maximum atomic E-state index is 2.60. The van der Waals surface area contributed by atoms with E-state index >= 15 is 0 Å². The van der Waals surface area contributed by atoms with Gasteiger partial charge in [0.05, 0.1) is 0 Å². The Morgan fingerprint density at radius 2 is 1.78 bits per heavy atom. The molecule has 0 spiro atoms. The van der Waals surface area contributed by atoms with Gasteiger partial charge in [-0.25, -0.2) is 0 Å². The van der Waals surface area contributed by atoms with Crippen LogP contribution in [0.4, 0.5) is 0 Å². The van der Waals surface area contributed by atoms with Crippen molar-refractivity contribution in [2.45, 2.75) is 26.3 Å². The van der Waals surface area contributed by atoms with Gasteiger partial charge < -0.3 is 4.90 Å². The van der Waals surface area contributed by atoms with Crippen molar-refractivity contribution in [1.82, 2.24) is 4.90 Å². The van der Waals surface area contributed by atoms with Crippen molar-refractivity contribution in [2.24, 2.45) is 11.8 Å². The lowest BCUT2D eigenvalue weighted by Crippen LogP contribution is -2.29. The smallest absolute Gasteiger partial charge is 0.00388 e. The van der Waals surface area contributed by atoms with Gasteiger partial charge >= 0.3 is 0 Å². The van der Waals surface area contributed by atoms with Gasteiger partial charge in [0.1, 0.15) is 0 Å². The van der Waals surface area contributed by atoms with Crippen LogP contribution in [-0.2, 0) is 0 Å². The predicted octanol–water partition coefficient (Wildman–Crippen LogP) is 1.35. The molecule has 2 unspecified atom stereocenters. The Bertz CT molecular complexity index is 110. The average molecular weight is 125 g/mol. The molecule has 0 N–H and O–H groups in total. The third-order valence-corrected chi connectivity index (χ3v) is 2.74. The van der Waals surface area contributed by atoms with Crippen LogP contribution in [-0.4, -0.2) is 24.0 Å². The van der Waals surface area contributed by atoms with Crippen LogP contribution in [0.15, 0.2) is 0 Å². The quantitative estimate of drug-likeness (QED) is 0.511. The van der Waals surface area contributed by atoms with Crippen molar-refractivity contribution < 1.29 is 0 Å². The summed E-state index contributed by atoms with van der Waals surface area (Å²) >= 11 is 0. The third-order valence-electron chi connectivity index (χ3n) is 2.74. The zero-order chi connectivity index (χ0) is 6.43. The summed E-state index contributed by atoms with van der Waals surface area (Å²) in [7, 11) is 0. The Kier molecular flexibility index (Phi) is 1.10. The maximum absolute atomic E-state index is 2.60. The molecule has 2 aliphatic rings. The van der Waals surface area contributed by atoms with E-state index in [0.29, 0.717) is 0 Å². The van der Waals surface area contributed by atoms with Crippen molar-refractivity contribution in [3.05, 3.63) is 0 Å². The highest BCUT2D eigenvalue weighted by molar-refractivity contribution is 4.97. The van der Waals surface area contributed by atoms with Crippen molar-refractivity contribution >= 4 is 0 Å². The van der Waals surface area contributed by atoms with Gasteiger partial charge in [0.25, 0.3) is 0 Å². The van der Waals surface area contributed by atoms with Crippen molar-refractivity contribution in [3.63, 3.8) is 0 Å². The molecule has 0 aromatic carbocycles. The molecule has 9 heavy (non-hydrogen) atoms. The normalized spacial score (nSPS) is 41.7. The molecule has 2 atom stereocenters. The SMILES string of the molecule is CC(C)N1CC2CC2C1. The van der Waals surface area contributed by atoms with Crippen LogP contribution in [0.3, 0.4) is 0 Å². The van der Waals surface area contributed by atoms with Crippen LogP contribution in [0.2, 0.25) is 0 Å². The minimum absolute atomic E-state index is 0.790. The molecule has 2 rings (SSSR count). The van der Waals surface area contributed by atoms with E-state index in [2.05, 4.69) is 18.7 Å². The van der Waals surface area contributed by atoms with E-state index < -0.39 is 0 Å². The monoisotopic (exact) mass is 125 g/mol. The second kappa shape index (κ2) is 1.72. The molecule has 1 saturated carbocycles. The van der Waals surface area contributed by atoms with Gasteiger partial charge in [-0.3, -0.25) is 0 Å². The number of piperidine rings is 1. The number of likely N-dealkylation sites (tertiary alicyclic amines) is 1. The zero-order valence-electron chi connectivity index (χ0n) is 6.30. The number of fused-ring (bicyclic) bond motifs is 1. The van der Waals surface area contributed by atoms with Crippen LogP contribution in [0.5, 0.6) is 0 Å². The van der Waals surface area contributed by atoms with Gasteiger partial charge in [-0.05, 0) is 32.1 Å². The van der Waals surface area contributed by atoms with Crippen molar-refractivity contribution in [3.8, 4) is 0 Å². The van der Waals surface area contributed by atoms with E-state index in [4.69, 9.17) is 0 Å². The number of hydrogen-bond donors (Lipinski definition) is 0. The van der Waals surface area contributed by atoms with Gasteiger partial charge in [0.15, 0.2) is 0 Å². The molecule has 1 saturated heterocycles. The highest BCUT2D eigenvalue weighted by atomic mass is 15.2. The molecule has 1 aliphatic carbocycles. The Balaban J connectivity index is 1.90. The molecular formula is C8H15N. The van der Waals surface area contributed by atoms with E-state index in [9.17, 15) is 0 Å². The Labute approximate surface area is 57.0 Å². The molecule has 52 valence electrons. The van der Waals surface area contributed by atoms with Crippen molar-refractivity contribution in [2.75, 3.05) is 13.1 Å². The van der Waals surface area contributed by atoms with E-state index in [0.717, 1.165) is 17.9 Å². The lowest BCUT2D eigenvalue weighted by atomic mass is 10.3. The first-order valence-electron chi connectivity index (χ1n) is 4.01. The Morgan fingerprint density at radius 1 is 1.22 bits per heavy atom. The summed E-state index contributed by atoms with van der Waals surface area (Å²) in [5, 5.41) is 0. The summed E-state index contributed by atoms with van der Waals surface area (Å²) in [4.78, 5) is 2.60. The van der Waals surface area contributed by atoms with E-state index in [1.54, 1.807) is 0 Å². The standard InChI is InChI=1S/C8H15N/c1-6(2)9-4-7-3-8(7)5-9/h6-8H,3-5H2,1-2H3. The molecule has 0 aromatic heterocycles. The molecule has 2 fully saturated rings. The first kappa shape index (κ1) is 5.72. The first-order chi connectivity index (χ1) is 4.27. The Morgan fingerprint density at radius 3 is 2.11 bits per heavy atom. The van der Waals surface area contributed by atoms with Crippen molar-refractivity contribution in [1.29, 1.82) is 0 Å². The predicted molar refractivity (Wildman–Crippen MR) is 38.3 cm³/mol. The molecule has 0 radical (unpaired) electrons. The highest BCUT2D eigenvalue weighted by Crippen LogP contribution is 2.45. The van der Waals surface area contributed by atoms with E-state index in [-0.39, 0.29) is 0 Å². The molecule has 1 heteroatoms. The van der Waals surface area contributed by atoms with Gasteiger partial charge in [-0.2, -0.15) is 0 Å². The lowest BCUT2D eigenvalue weighted by Gasteiger charge is -2.21. The lowest BCUT2D eigenvalue weighted by molar-refractivity contribution is 0.248. The summed E-state index contributed by atoms with van der Waals surface area (Å²) in [6.07, 6.45) is 1.53. The van der Waals surface area contributed by atoms with Gasteiger partial charge in [0.2, 0.25) is 0 Å². The third kappa shape index (κ3) is 0.877. The summed E-state index contributed by atoms with van der Waals surface area (Å²) in [5.74, 6) is 2.21. The van der Waals surface area contributed by atoms with Crippen LogP contribution < -0.4 is 0 Å². The molecule has 1 aliphatic heterocycles. The molecule has 0 bridgehead atoms. The van der Waals surface area contributed by atoms with Gasteiger partial charge in [-0.15, -0.1) is 0 Å². The topological polar surface area (TPSA) is 3.24 Å². The summed E-state index contributed by atoms with van der Waals surface area (Å²) in [5.41, 5.74) is 0. The van der Waals surface area contributed by atoms with Crippen LogP contribution in [0, 0.1) is 11.8 Å². The minimum Gasteiger partial charge on any atom is -0.300 e. The number of nitrogens with zero attached hydrogens (tertiary/aromatic N) is 1. The molecule has 0 amide bonds. The highest BCUT2D eigenvalue weighted by Gasteiger charge is 2.45. The largest absolute Gasteiger partial charge is 0.300 e. The summed E-state index contributed by atoms with van der Waals surface area (Å²) in [6.45, 7) is 7.38. The van der Waals surface area contributed by atoms with Crippen LogP contribution in [0.25, 0.3) is 0 Å². The fraction of sp³-hybridized carbons (Fsp3) is 1.00. The first-order valence-corrected chi connectivity index (χ1v) is 4.01. The molecule has 1 heterocycles. The molecular weight excluding hydrogens is 110 g/mol. The molecule has 1 nitrogen and oxygen atoms in total. The minimum atomic E-state index is 0.790. The second-order valence-corrected chi connectivity index (χ2v) is 3.80. The average Bonchev–Trinajstić information content (AvgIpc) is 2.40. The zero-order valence-corrected chi connectivity index (χ0v) is 6.30.